The van der Waals surface area contributed by atoms with E-state index in [9.17, 15) is 0 Å². The van der Waals surface area contributed by atoms with Crippen molar-refractivity contribution in [3.63, 3.8) is 0 Å². The summed E-state index contributed by atoms with van der Waals surface area (Å²) in [5.74, 6) is 0. The fraction of sp³-hybridized carbons (Fsp3) is 1.00. The quantitative estimate of drug-likeness (QED) is 0.489. The maximum absolute atomic E-state index is 5.49. The smallest absolute Gasteiger partial charge is 0.140 e. The summed E-state index contributed by atoms with van der Waals surface area (Å²) in [5, 5.41) is 0. The summed E-state index contributed by atoms with van der Waals surface area (Å²) >= 11 is 0. The van der Waals surface area contributed by atoms with Crippen molar-refractivity contribution in [3.05, 3.63) is 0 Å². The molecular weight excluding hydrogens is 162 g/mol. The van der Waals surface area contributed by atoms with Crippen LogP contribution in [0.3, 0.4) is 0 Å². The lowest BCUT2D eigenvalue weighted by Crippen LogP contribution is -2.36. The summed E-state index contributed by atoms with van der Waals surface area (Å²) in [5.41, 5.74) is 5.49. The van der Waals surface area contributed by atoms with Crippen molar-refractivity contribution in [1.29, 1.82) is 0 Å². The van der Waals surface area contributed by atoms with Crippen LogP contribution < -0.4 is 5.73 Å². The first kappa shape index (κ1) is 7.68. The van der Waals surface area contributed by atoms with E-state index in [-0.39, 0.29) is 17.6 Å². The highest BCUT2D eigenvalue weighted by Crippen LogP contribution is 2.01. The third-order valence-electron chi connectivity index (χ3n) is 1.92. The van der Waals surface area contributed by atoms with Crippen molar-refractivity contribution in [2.75, 3.05) is 13.2 Å². The molecule has 0 amide bonds. The van der Waals surface area contributed by atoms with Crippen molar-refractivity contribution in [3.8, 4) is 0 Å². The average Bonchev–Trinajstić information content (AvgIpc) is 1.91. The molecule has 54 valence electrons. The molecule has 1 rings (SSSR count). The minimum absolute atomic E-state index is 0.0858. The van der Waals surface area contributed by atoms with Gasteiger partial charge in [0, 0.05) is 23.5 Å². The topological polar surface area (TPSA) is 35.2 Å². The van der Waals surface area contributed by atoms with Gasteiger partial charge in [-0.05, 0) is 12.6 Å². The highest BCUT2D eigenvalue weighted by Gasteiger charge is 2.14. The van der Waals surface area contributed by atoms with Gasteiger partial charge in [-0.15, -0.1) is 0 Å². The summed E-state index contributed by atoms with van der Waals surface area (Å²) in [6.07, 6.45) is 0. The van der Waals surface area contributed by atoms with E-state index in [0.29, 0.717) is 8.55 Å². The van der Waals surface area contributed by atoms with Crippen LogP contribution in [0.5, 0.6) is 0 Å². The Morgan fingerprint density at radius 3 is 3.11 bits per heavy atom. The first-order chi connectivity index (χ1) is 4.43. The van der Waals surface area contributed by atoms with E-state index in [2.05, 4.69) is 0 Å². The molecule has 1 heterocycles. The second-order valence-electron chi connectivity index (χ2n) is 2.63. The highest BCUT2D eigenvalue weighted by atomic mass is 29.5. The lowest BCUT2D eigenvalue weighted by molar-refractivity contribution is 0.367. The molecule has 1 fully saturated rings. The molecule has 1 aliphatic rings. The summed E-state index contributed by atoms with van der Waals surface area (Å²) in [4.78, 5) is 0. The summed E-state index contributed by atoms with van der Waals surface area (Å²) in [7, 11) is 0.297. The van der Waals surface area contributed by atoms with E-state index in [4.69, 9.17) is 10.2 Å². The SMILES string of the molecule is NCC[SiH]1CCO[SiH2][SiH2]1. The molecule has 2 N–H and O–H groups in total. The Labute approximate surface area is 62.1 Å². The molecule has 0 aromatic heterocycles. The van der Waals surface area contributed by atoms with Gasteiger partial charge in [0.2, 0.25) is 0 Å². The summed E-state index contributed by atoms with van der Waals surface area (Å²) < 4.78 is 5.44. The van der Waals surface area contributed by atoms with Crippen LogP contribution >= 0.6 is 0 Å². The molecular formula is C4H15NOSi3. The van der Waals surface area contributed by atoms with Crippen LogP contribution in [0.1, 0.15) is 0 Å². The van der Waals surface area contributed by atoms with Gasteiger partial charge in [-0.3, -0.25) is 0 Å². The van der Waals surface area contributed by atoms with E-state index in [1.807, 2.05) is 0 Å². The molecule has 0 bridgehead atoms. The normalized spacial score (nSPS) is 33.7. The maximum Gasteiger partial charge on any atom is 0.140 e. The van der Waals surface area contributed by atoms with E-state index in [0.717, 1.165) is 13.2 Å². The van der Waals surface area contributed by atoms with Crippen molar-refractivity contribution >= 4 is 26.1 Å². The van der Waals surface area contributed by atoms with Crippen molar-refractivity contribution in [2.45, 2.75) is 12.1 Å². The number of nitrogens with two attached hydrogens (primary N) is 1. The van der Waals surface area contributed by atoms with Crippen LogP contribution in [0.4, 0.5) is 0 Å². The molecule has 0 spiro atoms. The molecule has 0 aromatic carbocycles. The van der Waals surface area contributed by atoms with E-state index >= 15 is 0 Å². The van der Waals surface area contributed by atoms with E-state index in [1.165, 1.54) is 12.1 Å². The molecule has 1 aliphatic heterocycles. The number of rotatable bonds is 2. The van der Waals surface area contributed by atoms with Gasteiger partial charge in [0.15, 0.2) is 0 Å². The molecule has 0 saturated carbocycles. The molecule has 9 heavy (non-hydrogen) atoms. The maximum atomic E-state index is 5.49. The fourth-order valence-electron chi connectivity index (χ4n) is 1.27. The predicted molar refractivity (Wildman–Crippen MR) is 48.9 cm³/mol. The lowest BCUT2D eigenvalue weighted by Gasteiger charge is -2.18. The molecule has 1 atom stereocenters. The van der Waals surface area contributed by atoms with Gasteiger partial charge in [0.25, 0.3) is 0 Å². The van der Waals surface area contributed by atoms with E-state index < -0.39 is 0 Å². The molecule has 1 saturated heterocycles. The molecule has 0 aromatic rings. The molecule has 1 unspecified atom stereocenters. The molecule has 5 heteroatoms. The Balaban J connectivity index is 2.08. The fourth-order valence-corrected chi connectivity index (χ4v) is 19.1. The highest BCUT2D eigenvalue weighted by molar-refractivity contribution is 7.35. The Morgan fingerprint density at radius 2 is 2.56 bits per heavy atom. The van der Waals surface area contributed by atoms with Crippen LogP contribution in [0.15, 0.2) is 0 Å². The van der Waals surface area contributed by atoms with Crippen LogP contribution in [-0.4, -0.2) is 39.3 Å². The second-order valence-corrected chi connectivity index (χ2v) is 18.5. The molecule has 2 nitrogen and oxygen atoms in total. The van der Waals surface area contributed by atoms with Crippen molar-refractivity contribution in [2.24, 2.45) is 5.73 Å². The van der Waals surface area contributed by atoms with Gasteiger partial charge >= 0.3 is 0 Å². The summed E-state index contributed by atoms with van der Waals surface area (Å²) in [6, 6.07) is 2.87. The first-order valence-electron chi connectivity index (χ1n) is 3.71. The minimum Gasteiger partial charge on any atom is -0.428 e. The number of hydrogen-bond acceptors (Lipinski definition) is 2. The molecule has 0 radical (unpaired) electrons. The Kier molecular flexibility index (Phi) is 3.75. The van der Waals surface area contributed by atoms with Gasteiger partial charge in [-0.2, -0.15) is 0 Å². The van der Waals surface area contributed by atoms with Crippen molar-refractivity contribution in [1.82, 2.24) is 0 Å². The van der Waals surface area contributed by atoms with Crippen LogP contribution in [0, 0.1) is 0 Å². The van der Waals surface area contributed by atoms with Gasteiger partial charge < -0.3 is 10.2 Å². The Hall–Kier alpha value is 0.571. The zero-order chi connectivity index (χ0) is 6.53. The Bertz CT molecular complexity index is 73.5. The van der Waals surface area contributed by atoms with Gasteiger partial charge in [-0.1, -0.05) is 6.04 Å². The largest absolute Gasteiger partial charge is 0.428 e. The van der Waals surface area contributed by atoms with Gasteiger partial charge in [-0.25, -0.2) is 0 Å². The van der Waals surface area contributed by atoms with Crippen molar-refractivity contribution < 1.29 is 4.43 Å². The number of hydrogen-bond donors (Lipinski definition) is 1. The first-order valence-corrected chi connectivity index (χ1v) is 13.2. The van der Waals surface area contributed by atoms with Gasteiger partial charge in [0.05, 0.1) is 0 Å². The third-order valence-corrected chi connectivity index (χ3v) is 21.7. The summed E-state index contributed by atoms with van der Waals surface area (Å²) in [6.45, 7) is 2.06. The zero-order valence-corrected chi connectivity index (χ0v) is 9.79. The van der Waals surface area contributed by atoms with E-state index in [1.54, 1.807) is 0 Å². The zero-order valence-electron chi connectivity index (χ0n) is 5.81. The second kappa shape index (κ2) is 4.40. The van der Waals surface area contributed by atoms with Crippen LogP contribution in [0.25, 0.3) is 0 Å². The lowest BCUT2D eigenvalue weighted by atomic mass is 10.8. The van der Waals surface area contributed by atoms with Crippen LogP contribution in [-0.2, 0) is 4.43 Å². The Morgan fingerprint density at radius 1 is 1.67 bits per heavy atom. The predicted octanol–water partition coefficient (Wildman–Crippen LogP) is -2.13. The van der Waals surface area contributed by atoms with Gasteiger partial charge in [0.1, 0.15) is 9.28 Å². The minimum atomic E-state index is -0.176. The van der Waals surface area contributed by atoms with Crippen LogP contribution in [0.2, 0.25) is 12.1 Å². The average molecular weight is 177 g/mol. The standard InChI is InChI=1S/C4H15NOSi3/c5-1-3-9-4-2-6-7-8-9/h9H,1-5,7-8H2. The molecule has 0 aliphatic carbocycles. The third kappa shape index (κ3) is 2.76. The monoisotopic (exact) mass is 177 g/mol.